The summed E-state index contributed by atoms with van der Waals surface area (Å²) < 4.78 is 31.8. The van der Waals surface area contributed by atoms with Crippen LogP contribution >= 0.6 is 0 Å². The van der Waals surface area contributed by atoms with Crippen molar-refractivity contribution in [2.75, 3.05) is 44.7 Å². The average molecular weight is 523 g/mol. The molecule has 0 unspecified atom stereocenters. The highest BCUT2D eigenvalue weighted by atomic mass is 19.3. The summed E-state index contributed by atoms with van der Waals surface area (Å²) in [6.45, 7) is 2.70. The number of hydrogen-bond donors (Lipinski definition) is 3. The number of fused-ring (bicyclic) bond motifs is 1. The molecule has 2 aromatic heterocycles. The number of nitrogens with zero attached hydrogens (tertiary/aromatic N) is 4. The largest absolute Gasteiger partial charge is 0.480 e. The minimum absolute atomic E-state index is 0.119. The van der Waals surface area contributed by atoms with Gasteiger partial charge in [-0.05, 0) is 69.7 Å². The summed E-state index contributed by atoms with van der Waals surface area (Å²) in [6, 6.07) is 4.13. The molecule has 10 nitrogen and oxygen atoms in total. The summed E-state index contributed by atoms with van der Waals surface area (Å²) in [5.41, 5.74) is 1.92. The van der Waals surface area contributed by atoms with Crippen molar-refractivity contribution in [3.63, 3.8) is 0 Å². The van der Waals surface area contributed by atoms with E-state index in [1.54, 1.807) is 0 Å². The molecular formula is C25H36F2N6O4. The molecule has 0 saturated heterocycles. The molecule has 204 valence electrons. The van der Waals surface area contributed by atoms with Gasteiger partial charge < -0.3 is 25.4 Å². The topological polar surface area (TPSA) is 122 Å². The Bertz CT molecular complexity index is 1020. The van der Waals surface area contributed by atoms with E-state index in [0.717, 1.165) is 69.0 Å². The van der Waals surface area contributed by atoms with Gasteiger partial charge in [0, 0.05) is 38.1 Å². The summed E-state index contributed by atoms with van der Waals surface area (Å²) >= 11 is 0. The van der Waals surface area contributed by atoms with Crippen LogP contribution < -0.4 is 10.6 Å². The Morgan fingerprint density at radius 2 is 2.08 bits per heavy atom. The van der Waals surface area contributed by atoms with E-state index < -0.39 is 24.5 Å². The highest BCUT2D eigenvalue weighted by molar-refractivity contribution is 5.95. The van der Waals surface area contributed by atoms with Crippen LogP contribution in [0.1, 0.15) is 60.9 Å². The van der Waals surface area contributed by atoms with Crippen LogP contribution in [-0.4, -0.2) is 82.1 Å². The molecule has 0 saturated carbocycles. The third-order valence-electron chi connectivity index (χ3n) is 6.29. The minimum Gasteiger partial charge on any atom is -0.480 e. The van der Waals surface area contributed by atoms with Crippen molar-refractivity contribution < 1.29 is 28.2 Å². The number of hydrogen-bond acceptors (Lipinski definition) is 7. The number of halogens is 2. The molecule has 1 aliphatic rings. The Labute approximate surface area is 215 Å². The lowest BCUT2D eigenvalue weighted by Gasteiger charge is -2.24. The molecule has 2 aromatic rings. The van der Waals surface area contributed by atoms with Gasteiger partial charge >= 0.3 is 12.5 Å². The highest BCUT2D eigenvalue weighted by Gasteiger charge is 2.25. The number of aromatic nitrogens is 3. The SMILES string of the molecule is CCOCCN(CCCCc1ccc2c(n1)NCCC2)CC[C@H](NC(=O)c1ccnn1C(F)F)C(=O)O. The number of carboxylic acid groups (broad SMARTS) is 1. The second-order valence-corrected chi connectivity index (χ2v) is 8.93. The van der Waals surface area contributed by atoms with Crippen molar-refractivity contribution in [3.05, 3.63) is 41.3 Å². The molecule has 37 heavy (non-hydrogen) atoms. The van der Waals surface area contributed by atoms with Crippen LogP contribution in [0, 0.1) is 0 Å². The molecule has 12 heteroatoms. The van der Waals surface area contributed by atoms with E-state index in [2.05, 4.69) is 32.8 Å². The van der Waals surface area contributed by atoms with E-state index >= 15 is 0 Å². The Morgan fingerprint density at radius 3 is 2.84 bits per heavy atom. The molecule has 0 fully saturated rings. The Morgan fingerprint density at radius 1 is 1.24 bits per heavy atom. The van der Waals surface area contributed by atoms with Gasteiger partial charge in [-0.2, -0.15) is 18.6 Å². The highest BCUT2D eigenvalue weighted by Crippen LogP contribution is 2.20. The molecule has 0 aromatic carbocycles. The first-order valence-electron chi connectivity index (χ1n) is 12.8. The maximum atomic E-state index is 13.0. The fourth-order valence-corrected chi connectivity index (χ4v) is 4.27. The Balaban J connectivity index is 1.50. The number of rotatable bonds is 16. The third kappa shape index (κ3) is 8.74. The number of nitrogens with one attached hydrogen (secondary N) is 2. The quantitative estimate of drug-likeness (QED) is 0.288. The lowest BCUT2D eigenvalue weighted by Crippen LogP contribution is -2.44. The van der Waals surface area contributed by atoms with Gasteiger partial charge in [0.05, 0.1) is 6.61 Å². The summed E-state index contributed by atoms with van der Waals surface area (Å²) in [6.07, 6.45) is 6.02. The zero-order valence-corrected chi connectivity index (χ0v) is 21.2. The number of ether oxygens (including phenoxy) is 1. The van der Waals surface area contributed by atoms with Gasteiger partial charge in [-0.3, -0.25) is 4.79 Å². The van der Waals surface area contributed by atoms with Gasteiger partial charge in [0.2, 0.25) is 0 Å². The molecule has 3 heterocycles. The zero-order chi connectivity index (χ0) is 26.6. The maximum Gasteiger partial charge on any atom is 0.333 e. The zero-order valence-electron chi connectivity index (χ0n) is 21.2. The number of carbonyl (C=O) groups excluding carboxylic acids is 1. The Kier molecular flexibility index (Phi) is 11.2. The number of alkyl halides is 2. The lowest BCUT2D eigenvalue weighted by atomic mass is 10.1. The normalized spacial score (nSPS) is 13.9. The summed E-state index contributed by atoms with van der Waals surface area (Å²) in [7, 11) is 0. The fraction of sp³-hybridized carbons (Fsp3) is 0.600. The molecule has 3 rings (SSSR count). The summed E-state index contributed by atoms with van der Waals surface area (Å²) in [5, 5.41) is 18.7. The molecule has 0 bridgehead atoms. The Hall–Kier alpha value is -3.12. The van der Waals surface area contributed by atoms with Crippen molar-refractivity contribution in [3.8, 4) is 0 Å². The van der Waals surface area contributed by atoms with Gasteiger partial charge in [-0.1, -0.05) is 6.07 Å². The number of amides is 1. The van der Waals surface area contributed by atoms with E-state index in [1.807, 2.05) is 6.92 Å². The van der Waals surface area contributed by atoms with Gasteiger partial charge in [-0.25, -0.2) is 9.78 Å². The fourth-order valence-electron chi connectivity index (χ4n) is 4.27. The van der Waals surface area contributed by atoms with Crippen molar-refractivity contribution in [2.24, 2.45) is 0 Å². The monoisotopic (exact) mass is 522 g/mol. The standard InChI is InChI=1S/C25H36F2N6O4/c1-2-37-17-16-32(14-4-3-7-19-9-8-18-6-5-12-28-22(18)30-19)15-11-20(24(35)36)31-23(34)21-10-13-29-33(21)25(26)27/h8-10,13,20,25H,2-7,11-12,14-17H2,1H3,(H,28,30)(H,31,34)(H,35,36)/t20-/m0/s1. The van der Waals surface area contributed by atoms with Gasteiger partial charge in [-0.15, -0.1) is 0 Å². The molecule has 1 amide bonds. The molecular weight excluding hydrogens is 486 g/mol. The second kappa shape index (κ2) is 14.6. The number of carboxylic acids is 1. The number of aryl methyl sites for hydroxylation is 2. The van der Waals surface area contributed by atoms with Crippen LogP contribution in [0.4, 0.5) is 14.6 Å². The smallest absolute Gasteiger partial charge is 0.333 e. The first kappa shape index (κ1) is 28.5. The van der Waals surface area contributed by atoms with Crippen LogP contribution in [0.3, 0.4) is 0 Å². The van der Waals surface area contributed by atoms with E-state index in [4.69, 9.17) is 9.72 Å². The lowest BCUT2D eigenvalue weighted by molar-refractivity contribution is -0.139. The van der Waals surface area contributed by atoms with Crippen LogP contribution in [0.25, 0.3) is 0 Å². The van der Waals surface area contributed by atoms with E-state index in [0.29, 0.717) is 26.3 Å². The van der Waals surface area contributed by atoms with E-state index in [-0.39, 0.29) is 16.8 Å². The van der Waals surface area contributed by atoms with E-state index in [9.17, 15) is 23.5 Å². The molecule has 0 spiro atoms. The van der Waals surface area contributed by atoms with Crippen molar-refractivity contribution in [1.82, 2.24) is 25.0 Å². The predicted molar refractivity (Wildman–Crippen MR) is 134 cm³/mol. The molecule has 0 aliphatic carbocycles. The minimum atomic E-state index is -3.00. The summed E-state index contributed by atoms with van der Waals surface area (Å²) in [4.78, 5) is 31.0. The molecule has 1 atom stereocenters. The first-order chi connectivity index (χ1) is 17.9. The van der Waals surface area contributed by atoms with E-state index in [1.165, 1.54) is 5.56 Å². The van der Waals surface area contributed by atoms with Crippen molar-refractivity contribution in [1.29, 1.82) is 0 Å². The van der Waals surface area contributed by atoms with Gasteiger partial charge in [0.25, 0.3) is 5.91 Å². The van der Waals surface area contributed by atoms with Crippen molar-refractivity contribution >= 4 is 17.7 Å². The average Bonchev–Trinajstić information content (AvgIpc) is 3.39. The van der Waals surface area contributed by atoms with Gasteiger partial charge in [0.15, 0.2) is 0 Å². The number of unbranched alkanes of at least 4 members (excludes halogenated alkanes) is 1. The molecule has 0 radical (unpaired) electrons. The molecule has 3 N–H and O–H groups in total. The first-order valence-corrected chi connectivity index (χ1v) is 12.8. The van der Waals surface area contributed by atoms with Crippen LogP contribution in [0.2, 0.25) is 0 Å². The predicted octanol–water partition coefficient (Wildman–Crippen LogP) is 2.97. The number of pyridine rings is 1. The van der Waals surface area contributed by atoms with Crippen molar-refractivity contribution in [2.45, 2.75) is 58.0 Å². The molecule has 1 aliphatic heterocycles. The van der Waals surface area contributed by atoms with Crippen LogP contribution in [0.15, 0.2) is 24.4 Å². The number of aliphatic carboxylic acids is 1. The second-order valence-electron chi connectivity index (χ2n) is 8.93. The number of carbonyl (C=O) groups is 2. The third-order valence-corrected chi connectivity index (χ3v) is 6.29. The maximum absolute atomic E-state index is 13.0. The van der Waals surface area contributed by atoms with Crippen LogP contribution in [0.5, 0.6) is 0 Å². The van der Waals surface area contributed by atoms with Gasteiger partial charge in [0.1, 0.15) is 17.6 Å². The number of anilines is 1. The summed E-state index contributed by atoms with van der Waals surface area (Å²) in [5.74, 6) is -1.15. The van der Waals surface area contributed by atoms with Crippen LogP contribution in [-0.2, 0) is 22.4 Å².